The van der Waals surface area contributed by atoms with Gasteiger partial charge in [0.25, 0.3) is 0 Å². The molecule has 21 heavy (non-hydrogen) atoms. The minimum absolute atomic E-state index is 0.259. The molecule has 1 saturated heterocycles. The summed E-state index contributed by atoms with van der Waals surface area (Å²) in [6, 6.07) is 7.77. The van der Waals surface area contributed by atoms with Gasteiger partial charge in [-0.1, -0.05) is 56.2 Å². The van der Waals surface area contributed by atoms with Crippen LogP contribution in [-0.4, -0.2) is 24.8 Å². The smallest absolute Gasteiger partial charge is 0.207 e. The molecule has 1 aromatic carbocycles. The van der Waals surface area contributed by atoms with Gasteiger partial charge in [-0.15, -0.1) is 0 Å². The molecule has 1 heterocycles. The van der Waals surface area contributed by atoms with E-state index in [1.165, 1.54) is 38.5 Å². The molecule has 1 aromatic rings. The lowest BCUT2D eigenvalue weighted by atomic mass is 10.0. The van der Waals surface area contributed by atoms with E-state index >= 15 is 0 Å². The fraction of sp³-hybridized carbons (Fsp3) is 0.647. The van der Waals surface area contributed by atoms with E-state index < -0.39 is 10.0 Å². The summed E-state index contributed by atoms with van der Waals surface area (Å²) >= 11 is 0. The summed E-state index contributed by atoms with van der Waals surface area (Å²) < 4.78 is 27.4. The molecule has 0 radical (unpaired) electrons. The summed E-state index contributed by atoms with van der Waals surface area (Å²) in [6.07, 6.45) is 9.53. The average Bonchev–Trinajstić information content (AvgIpc) is 3.18. The van der Waals surface area contributed by atoms with E-state index in [1.807, 2.05) is 19.1 Å². The van der Waals surface area contributed by atoms with Crippen LogP contribution in [-0.2, 0) is 10.0 Å². The van der Waals surface area contributed by atoms with Crippen LogP contribution in [0.25, 0.3) is 0 Å². The zero-order valence-electron chi connectivity index (χ0n) is 12.8. The first-order valence-electron chi connectivity index (χ1n) is 8.21. The van der Waals surface area contributed by atoms with Crippen LogP contribution in [0.3, 0.4) is 0 Å². The number of nitrogens with zero attached hydrogens (tertiary/aromatic N) is 1. The van der Waals surface area contributed by atoms with Crippen LogP contribution in [0.1, 0.15) is 56.9 Å². The summed E-state index contributed by atoms with van der Waals surface area (Å²) in [6.45, 7) is 1.98. The summed E-state index contributed by atoms with van der Waals surface area (Å²) in [4.78, 5) is 0.454. The molecule has 1 aliphatic heterocycles. The molecule has 1 saturated carbocycles. The maximum absolute atomic E-state index is 12.8. The van der Waals surface area contributed by atoms with Gasteiger partial charge in [0.1, 0.15) is 0 Å². The van der Waals surface area contributed by atoms with Crippen molar-refractivity contribution in [1.29, 1.82) is 0 Å². The quantitative estimate of drug-likeness (QED) is 0.778. The Kier molecular flexibility index (Phi) is 4.36. The second-order valence-corrected chi connectivity index (χ2v) is 8.32. The molecule has 116 valence electrons. The van der Waals surface area contributed by atoms with Gasteiger partial charge in [-0.2, -0.15) is 4.31 Å². The Balaban J connectivity index is 1.77. The molecular weight excluding hydrogens is 282 g/mol. The fourth-order valence-corrected chi connectivity index (χ4v) is 5.43. The highest BCUT2D eigenvalue weighted by Crippen LogP contribution is 2.42. The van der Waals surface area contributed by atoms with Crippen LogP contribution in [0.5, 0.6) is 0 Å². The van der Waals surface area contributed by atoms with Crippen molar-refractivity contribution in [3.8, 4) is 0 Å². The van der Waals surface area contributed by atoms with Crippen molar-refractivity contribution >= 4 is 10.0 Å². The zero-order valence-corrected chi connectivity index (χ0v) is 13.6. The summed E-state index contributed by atoms with van der Waals surface area (Å²) in [7, 11) is -3.29. The maximum atomic E-state index is 12.8. The van der Waals surface area contributed by atoms with Crippen molar-refractivity contribution in [2.24, 2.45) is 0 Å². The summed E-state index contributed by atoms with van der Waals surface area (Å²) in [5, 5.41) is 0. The second-order valence-electron chi connectivity index (χ2n) is 6.48. The van der Waals surface area contributed by atoms with Crippen LogP contribution in [0.4, 0.5) is 0 Å². The van der Waals surface area contributed by atoms with Crippen molar-refractivity contribution in [1.82, 2.24) is 4.31 Å². The number of hydrogen-bond acceptors (Lipinski definition) is 2. The Morgan fingerprint density at radius 1 is 0.857 bits per heavy atom. The van der Waals surface area contributed by atoms with E-state index in [2.05, 4.69) is 0 Å². The van der Waals surface area contributed by atoms with Crippen molar-refractivity contribution < 1.29 is 8.42 Å². The lowest BCUT2D eigenvalue weighted by molar-refractivity contribution is 0.534. The first kappa shape index (κ1) is 15.0. The van der Waals surface area contributed by atoms with Gasteiger partial charge in [-0.25, -0.2) is 8.42 Å². The van der Waals surface area contributed by atoms with E-state index in [4.69, 9.17) is 0 Å². The Hall–Kier alpha value is -0.870. The van der Waals surface area contributed by atoms with Gasteiger partial charge in [0.05, 0.1) is 4.90 Å². The standard InChI is InChI=1S/C17H25NO2S/c1-14-10-12-15(13-11-14)21(19,20)18-16-8-6-4-2-3-5-7-9-17(16)18/h10-13,16-17H,2-9H2,1H3. The molecule has 2 atom stereocenters. The number of benzene rings is 1. The average molecular weight is 307 g/mol. The number of aryl methyl sites for hydroxylation is 1. The third kappa shape index (κ3) is 3.16. The Bertz CT molecular complexity index is 563. The Morgan fingerprint density at radius 2 is 1.33 bits per heavy atom. The van der Waals surface area contributed by atoms with E-state index in [0.29, 0.717) is 4.90 Å². The molecule has 0 spiro atoms. The topological polar surface area (TPSA) is 37.1 Å². The molecule has 3 nitrogen and oxygen atoms in total. The van der Waals surface area contributed by atoms with Gasteiger partial charge in [0.15, 0.2) is 0 Å². The van der Waals surface area contributed by atoms with Gasteiger partial charge in [-0.3, -0.25) is 0 Å². The Labute approximate surface area is 128 Å². The first-order valence-corrected chi connectivity index (χ1v) is 9.65. The van der Waals surface area contributed by atoms with Crippen molar-refractivity contribution in [3.05, 3.63) is 29.8 Å². The van der Waals surface area contributed by atoms with Crippen molar-refractivity contribution in [3.63, 3.8) is 0 Å². The molecule has 3 rings (SSSR count). The van der Waals surface area contributed by atoms with Crippen molar-refractivity contribution in [2.45, 2.75) is 75.3 Å². The third-order valence-corrected chi connectivity index (χ3v) is 6.82. The fourth-order valence-electron chi connectivity index (χ4n) is 3.55. The predicted molar refractivity (Wildman–Crippen MR) is 84.7 cm³/mol. The molecule has 1 aliphatic carbocycles. The molecule has 2 aliphatic rings. The Morgan fingerprint density at radius 3 is 1.86 bits per heavy atom. The predicted octanol–water partition coefficient (Wildman–Crippen LogP) is 3.87. The first-order chi connectivity index (χ1) is 10.1. The number of fused-ring (bicyclic) bond motifs is 1. The minimum atomic E-state index is -3.29. The van der Waals surface area contributed by atoms with Crippen LogP contribution in [0.15, 0.2) is 29.2 Å². The lowest BCUT2D eigenvalue weighted by Crippen LogP contribution is -2.16. The monoisotopic (exact) mass is 307 g/mol. The SMILES string of the molecule is Cc1ccc(S(=O)(=O)N2C3CCCCCCCCC32)cc1. The number of sulfonamides is 1. The molecule has 4 heteroatoms. The molecular formula is C17H25NO2S. The van der Waals surface area contributed by atoms with E-state index in [0.717, 1.165) is 18.4 Å². The van der Waals surface area contributed by atoms with Gasteiger partial charge < -0.3 is 0 Å². The zero-order chi connectivity index (χ0) is 14.9. The molecule has 2 unspecified atom stereocenters. The van der Waals surface area contributed by atoms with Gasteiger partial charge >= 0.3 is 0 Å². The number of hydrogen-bond donors (Lipinski definition) is 0. The lowest BCUT2D eigenvalue weighted by Gasteiger charge is -2.07. The molecule has 2 fully saturated rings. The highest BCUT2D eigenvalue weighted by Gasteiger charge is 2.53. The van der Waals surface area contributed by atoms with Crippen LogP contribution < -0.4 is 0 Å². The van der Waals surface area contributed by atoms with E-state index in [-0.39, 0.29) is 12.1 Å². The van der Waals surface area contributed by atoms with E-state index in [1.54, 1.807) is 16.4 Å². The van der Waals surface area contributed by atoms with Crippen LogP contribution in [0, 0.1) is 6.92 Å². The van der Waals surface area contributed by atoms with Crippen molar-refractivity contribution in [2.75, 3.05) is 0 Å². The third-order valence-electron chi connectivity index (χ3n) is 4.85. The van der Waals surface area contributed by atoms with Crippen LogP contribution >= 0.6 is 0 Å². The highest BCUT2D eigenvalue weighted by atomic mass is 32.2. The highest BCUT2D eigenvalue weighted by molar-refractivity contribution is 7.89. The summed E-state index contributed by atoms with van der Waals surface area (Å²) in [5.41, 5.74) is 1.10. The summed E-state index contributed by atoms with van der Waals surface area (Å²) in [5.74, 6) is 0. The van der Waals surface area contributed by atoms with Gasteiger partial charge in [0.2, 0.25) is 10.0 Å². The maximum Gasteiger partial charge on any atom is 0.243 e. The normalized spacial score (nSPS) is 30.4. The largest absolute Gasteiger partial charge is 0.243 e. The molecule has 0 bridgehead atoms. The molecule has 0 aromatic heterocycles. The van der Waals surface area contributed by atoms with Gasteiger partial charge in [-0.05, 0) is 31.9 Å². The second kappa shape index (κ2) is 6.09. The number of rotatable bonds is 2. The van der Waals surface area contributed by atoms with E-state index in [9.17, 15) is 8.42 Å². The van der Waals surface area contributed by atoms with Crippen LogP contribution in [0.2, 0.25) is 0 Å². The molecule has 0 N–H and O–H groups in total. The minimum Gasteiger partial charge on any atom is -0.207 e. The molecule has 0 amide bonds. The van der Waals surface area contributed by atoms with Gasteiger partial charge in [0, 0.05) is 12.1 Å².